The van der Waals surface area contributed by atoms with Crippen molar-refractivity contribution in [2.45, 2.75) is 13.0 Å². The van der Waals surface area contributed by atoms with Crippen LogP contribution in [0, 0.1) is 18.6 Å². The van der Waals surface area contributed by atoms with Crippen LogP contribution < -0.4 is 4.90 Å². The topological polar surface area (TPSA) is 57.6 Å². The molecule has 0 saturated carbocycles. The Kier molecular flexibility index (Phi) is 4.91. The number of amides is 1. The van der Waals surface area contributed by atoms with E-state index in [9.17, 15) is 23.5 Å². The van der Waals surface area contributed by atoms with Gasteiger partial charge >= 0.3 is 0 Å². The molecule has 4 rings (SSSR count). The van der Waals surface area contributed by atoms with Crippen molar-refractivity contribution in [3.05, 3.63) is 107 Å². The second kappa shape index (κ2) is 7.55. The first-order valence-corrected chi connectivity index (χ1v) is 9.26. The predicted molar refractivity (Wildman–Crippen MR) is 109 cm³/mol. The highest BCUT2D eigenvalue weighted by Gasteiger charge is 2.47. The van der Waals surface area contributed by atoms with E-state index in [4.69, 9.17) is 0 Å². The Labute approximate surface area is 171 Å². The Bertz CT molecular complexity index is 1190. The number of anilines is 1. The van der Waals surface area contributed by atoms with Gasteiger partial charge < -0.3 is 5.11 Å². The molecule has 150 valence electrons. The van der Waals surface area contributed by atoms with Crippen LogP contribution in [0.2, 0.25) is 0 Å². The van der Waals surface area contributed by atoms with Gasteiger partial charge in [-0.25, -0.2) is 8.78 Å². The fraction of sp³-hybridized carbons (Fsp3) is 0.0833. The first kappa shape index (κ1) is 19.5. The van der Waals surface area contributed by atoms with E-state index in [-0.39, 0.29) is 22.4 Å². The summed E-state index contributed by atoms with van der Waals surface area (Å²) in [4.78, 5) is 27.0. The minimum atomic E-state index is -0.960. The zero-order valence-electron chi connectivity index (χ0n) is 16.0. The molecule has 1 saturated heterocycles. The average Bonchev–Trinajstić information content (AvgIpc) is 3.01. The van der Waals surface area contributed by atoms with Crippen molar-refractivity contribution in [3.8, 4) is 0 Å². The molecule has 0 radical (unpaired) electrons. The number of halogens is 2. The minimum absolute atomic E-state index is 0.138. The smallest absolute Gasteiger partial charge is 0.300 e. The van der Waals surface area contributed by atoms with Crippen molar-refractivity contribution in [1.82, 2.24) is 0 Å². The zero-order valence-corrected chi connectivity index (χ0v) is 16.0. The van der Waals surface area contributed by atoms with Crippen molar-refractivity contribution >= 4 is 23.1 Å². The minimum Gasteiger partial charge on any atom is -0.507 e. The molecule has 4 nitrogen and oxygen atoms in total. The van der Waals surface area contributed by atoms with E-state index in [1.807, 2.05) is 0 Å². The second-order valence-electron chi connectivity index (χ2n) is 7.02. The molecule has 1 atom stereocenters. The Hall–Kier alpha value is -3.80. The van der Waals surface area contributed by atoms with E-state index >= 15 is 0 Å². The number of aliphatic hydroxyl groups is 1. The molecule has 1 aliphatic rings. The van der Waals surface area contributed by atoms with Gasteiger partial charge in [0.25, 0.3) is 11.7 Å². The van der Waals surface area contributed by atoms with Crippen LogP contribution in [0.1, 0.15) is 22.7 Å². The third kappa shape index (κ3) is 3.26. The lowest BCUT2D eigenvalue weighted by atomic mass is 9.94. The van der Waals surface area contributed by atoms with Gasteiger partial charge in [0.1, 0.15) is 17.4 Å². The first-order valence-electron chi connectivity index (χ1n) is 9.26. The molecule has 0 spiro atoms. The summed E-state index contributed by atoms with van der Waals surface area (Å²) < 4.78 is 27.5. The molecule has 1 N–H and O–H groups in total. The van der Waals surface area contributed by atoms with Gasteiger partial charge in [-0.15, -0.1) is 0 Å². The largest absolute Gasteiger partial charge is 0.507 e. The number of aryl methyl sites for hydroxylation is 1. The van der Waals surface area contributed by atoms with E-state index in [1.165, 1.54) is 48.2 Å². The normalized spacial score (nSPS) is 18.1. The molecule has 6 heteroatoms. The Balaban J connectivity index is 1.95. The van der Waals surface area contributed by atoms with Gasteiger partial charge in [-0.05, 0) is 54.4 Å². The third-order valence-corrected chi connectivity index (χ3v) is 5.08. The Morgan fingerprint density at radius 3 is 2.33 bits per heavy atom. The van der Waals surface area contributed by atoms with Gasteiger partial charge in [0.05, 0.1) is 11.6 Å². The quantitative estimate of drug-likeness (QED) is 0.383. The van der Waals surface area contributed by atoms with Crippen molar-refractivity contribution in [2.24, 2.45) is 0 Å². The van der Waals surface area contributed by atoms with Crippen molar-refractivity contribution in [3.63, 3.8) is 0 Å². The molecule has 1 fully saturated rings. The molecule has 1 amide bonds. The highest BCUT2D eigenvalue weighted by molar-refractivity contribution is 6.51. The molecule has 0 aliphatic carbocycles. The number of Topliss-reactive ketones (excluding diaryl/α,β-unsaturated/α-hetero) is 1. The molecule has 1 aliphatic heterocycles. The number of nitrogens with zero attached hydrogens (tertiary/aromatic N) is 1. The summed E-state index contributed by atoms with van der Waals surface area (Å²) >= 11 is 0. The number of hydrogen-bond acceptors (Lipinski definition) is 3. The number of carbonyl (C=O) groups excluding carboxylic acids is 2. The predicted octanol–water partition coefficient (Wildman–Crippen LogP) is 4.90. The van der Waals surface area contributed by atoms with Gasteiger partial charge in [0.15, 0.2) is 0 Å². The number of carbonyl (C=O) groups is 2. The Morgan fingerprint density at radius 2 is 1.67 bits per heavy atom. The van der Waals surface area contributed by atoms with Crippen molar-refractivity contribution < 1.29 is 23.5 Å². The second-order valence-corrected chi connectivity index (χ2v) is 7.02. The lowest BCUT2D eigenvalue weighted by Gasteiger charge is -2.25. The summed E-state index contributed by atoms with van der Waals surface area (Å²) in [6.45, 7) is 1.53. The van der Waals surface area contributed by atoms with E-state index < -0.39 is 35.1 Å². The number of benzene rings is 3. The first-order chi connectivity index (χ1) is 14.4. The standard InChI is InChI=1S/C24H17F2NO3/c1-14-12-16(10-11-19(14)26)22(28)20-21(15-6-3-2-4-7-15)27(24(30)23(20)29)18-9-5-8-17(25)13-18/h2-13,21,28H,1H3/b22-20+. The number of ketones is 1. The molecule has 3 aromatic carbocycles. The maximum atomic E-state index is 13.9. The number of hydrogen-bond donors (Lipinski definition) is 1. The summed E-state index contributed by atoms with van der Waals surface area (Å²) in [5.41, 5.74) is 1.13. The van der Waals surface area contributed by atoms with E-state index in [0.29, 0.717) is 5.56 Å². The summed E-state index contributed by atoms with van der Waals surface area (Å²) in [5.74, 6) is -3.20. The Morgan fingerprint density at radius 1 is 0.933 bits per heavy atom. The fourth-order valence-electron chi connectivity index (χ4n) is 3.62. The lowest BCUT2D eigenvalue weighted by molar-refractivity contribution is -0.132. The van der Waals surface area contributed by atoms with Gasteiger partial charge in [0, 0.05) is 11.3 Å². The van der Waals surface area contributed by atoms with Crippen LogP contribution in [0.4, 0.5) is 14.5 Å². The monoisotopic (exact) mass is 405 g/mol. The summed E-state index contributed by atoms with van der Waals surface area (Å²) in [7, 11) is 0. The maximum absolute atomic E-state index is 13.9. The van der Waals surface area contributed by atoms with Gasteiger partial charge in [-0.1, -0.05) is 36.4 Å². The lowest BCUT2D eigenvalue weighted by Crippen LogP contribution is -2.29. The van der Waals surface area contributed by atoms with Gasteiger partial charge in [0.2, 0.25) is 0 Å². The molecule has 0 bridgehead atoms. The zero-order chi connectivity index (χ0) is 21.4. The molecule has 3 aromatic rings. The van der Waals surface area contributed by atoms with Crippen molar-refractivity contribution in [1.29, 1.82) is 0 Å². The van der Waals surface area contributed by atoms with E-state index in [0.717, 1.165) is 6.07 Å². The molecule has 1 heterocycles. The summed E-state index contributed by atoms with van der Waals surface area (Å²) in [5, 5.41) is 11.0. The van der Waals surface area contributed by atoms with Crippen LogP contribution in [0.3, 0.4) is 0 Å². The van der Waals surface area contributed by atoms with Crippen LogP contribution in [-0.2, 0) is 9.59 Å². The van der Waals surface area contributed by atoms with Crippen molar-refractivity contribution in [2.75, 3.05) is 4.90 Å². The van der Waals surface area contributed by atoms with Gasteiger partial charge in [-0.2, -0.15) is 0 Å². The van der Waals surface area contributed by atoms with Crippen LogP contribution in [-0.4, -0.2) is 16.8 Å². The van der Waals surface area contributed by atoms with Crippen LogP contribution in [0.25, 0.3) is 5.76 Å². The summed E-state index contributed by atoms with van der Waals surface area (Å²) in [6.07, 6.45) is 0. The molecule has 0 aromatic heterocycles. The molecular weight excluding hydrogens is 388 g/mol. The van der Waals surface area contributed by atoms with Crippen LogP contribution in [0.5, 0.6) is 0 Å². The van der Waals surface area contributed by atoms with Gasteiger partial charge in [-0.3, -0.25) is 14.5 Å². The highest BCUT2D eigenvalue weighted by Crippen LogP contribution is 2.42. The fourth-order valence-corrected chi connectivity index (χ4v) is 3.62. The summed E-state index contributed by atoms with van der Waals surface area (Å²) in [6, 6.07) is 17.0. The van der Waals surface area contributed by atoms with Crippen LogP contribution in [0.15, 0.2) is 78.4 Å². The number of rotatable bonds is 3. The van der Waals surface area contributed by atoms with Crippen LogP contribution >= 0.6 is 0 Å². The molecule has 30 heavy (non-hydrogen) atoms. The molecular formula is C24H17F2NO3. The SMILES string of the molecule is Cc1cc(/C(O)=C2\C(=O)C(=O)N(c3cccc(F)c3)C2c2ccccc2)ccc1F. The average molecular weight is 405 g/mol. The van der Waals surface area contributed by atoms with E-state index in [1.54, 1.807) is 30.3 Å². The number of aliphatic hydroxyl groups excluding tert-OH is 1. The molecule has 1 unspecified atom stereocenters. The highest BCUT2D eigenvalue weighted by atomic mass is 19.1. The maximum Gasteiger partial charge on any atom is 0.300 e. The van der Waals surface area contributed by atoms with E-state index in [2.05, 4.69) is 0 Å². The third-order valence-electron chi connectivity index (χ3n) is 5.08.